The number of esters is 1. The lowest BCUT2D eigenvalue weighted by Crippen LogP contribution is -2.06. The molecule has 0 spiro atoms. The molecule has 0 saturated carbocycles. The first kappa shape index (κ1) is 11.6. The largest absolute Gasteiger partial charge is 0.448 e. The van der Waals surface area contributed by atoms with Gasteiger partial charge in [0.2, 0.25) is 0 Å². The molecule has 0 unspecified atom stereocenters. The first-order valence-electron chi connectivity index (χ1n) is 4.55. The summed E-state index contributed by atoms with van der Waals surface area (Å²) in [6.07, 6.45) is 6.40. The van der Waals surface area contributed by atoms with E-state index < -0.39 is 5.97 Å². The van der Waals surface area contributed by atoms with E-state index >= 15 is 0 Å². The first-order valence-corrected chi connectivity index (χ1v) is 4.55. The maximum atomic E-state index is 11.3. The van der Waals surface area contributed by atoms with Gasteiger partial charge in [-0.2, -0.15) is 5.26 Å². The Bertz CT molecular complexity index is 475. The van der Waals surface area contributed by atoms with Crippen molar-refractivity contribution < 1.29 is 9.53 Å². The summed E-state index contributed by atoms with van der Waals surface area (Å²) in [5.41, 5.74) is 0.693. The summed E-state index contributed by atoms with van der Waals surface area (Å²) in [5.74, 6) is 1.46. The highest BCUT2D eigenvalue weighted by molar-refractivity contribution is 5.97. The van der Waals surface area contributed by atoms with Crippen LogP contribution in [0.2, 0.25) is 0 Å². The zero-order valence-electron chi connectivity index (χ0n) is 8.51. The van der Waals surface area contributed by atoms with Gasteiger partial charge in [-0.3, -0.25) is 0 Å². The summed E-state index contributed by atoms with van der Waals surface area (Å²) < 4.78 is 4.65. The van der Waals surface area contributed by atoms with Crippen LogP contribution < -0.4 is 0 Å². The predicted molar refractivity (Wildman–Crippen MR) is 59.8 cm³/mol. The molecule has 0 radical (unpaired) electrons. The normalized spacial score (nSPS) is 10.0. The van der Waals surface area contributed by atoms with Gasteiger partial charge in [-0.25, -0.2) is 4.79 Å². The summed E-state index contributed by atoms with van der Waals surface area (Å²) in [6.45, 7) is -0.132. The van der Waals surface area contributed by atoms with Gasteiger partial charge in [-0.1, -0.05) is 36.3 Å². The maximum Gasteiger partial charge on any atom is 0.349 e. The van der Waals surface area contributed by atoms with E-state index in [-0.39, 0.29) is 12.2 Å². The number of nitrogens with zero attached hydrogens (tertiary/aromatic N) is 1. The number of rotatable bonds is 3. The molecular formula is C13H9NO2. The number of terminal acetylenes is 1. The second kappa shape index (κ2) is 6.06. The van der Waals surface area contributed by atoms with Crippen LogP contribution in [-0.4, -0.2) is 12.6 Å². The SMILES string of the molecule is C#CCOC(=O)C(C#N)=Cc1ccccc1. The zero-order chi connectivity index (χ0) is 11.8. The van der Waals surface area contributed by atoms with Gasteiger partial charge in [-0.15, -0.1) is 6.42 Å². The smallest absolute Gasteiger partial charge is 0.349 e. The lowest BCUT2D eigenvalue weighted by molar-refractivity contribution is -0.137. The van der Waals surface area contributed by atoms with Crippen molar-refractivity contribution in [3.63, 3.8) is 0 Å². The highest BCUT2D eigenvalue weighted by Gasteiger charge is 2.09. The summed E-state index contributed by atoms with van der Waals surface area (Å²) in [7, 11) is 0. The molecule has 0 aliphatic carbocycles. The predicted octanol–water partition coefficient (Wildman–Crippen LogP) is 1.77. The van der Waals surface area contributed by atoms with Crippen molar-refractivity contribution in [1.29, 1.82) is 5.26 Å². The van der Waals surface area contributed by atoms with Crippen LogP contribution in [0.15, 0.2) is 35.9 Å². The number of ether oxygens (including phenoxy) is 1. The molecule has 0 saturated heterocycles. The summed E-state index contributed by atoms with van der Waals surface area (Å²) in [6, 6.07) is 10.8. The van der Waals surface area contributed by atoms with Crippen LogP contribution in [0.4, 0.5) is 0 Å². The highest BCUT2D eigenvalue weighted by atomic mass is 16.5. The van der Waals surface area contributed by atoms with Crippen LogP contribution in [0.3, 0.4) is 0 Å². The van der Waals surface area contributed by atoms with Crippen molar-refractivity contribution in [2.45, 2.75) is 0 Å². The second-order valence-electron chi connectivity index (χ2n) is 2.86. The highest BCUT2D eigenvalue weighted by Crippen LogP contribution is 2.07. The minimum absolute atomic E-state index is 0.0681. The topological polar surface area (TPSA) is 50.1 Å². The zero-order valence-corrected chi connectivity index (χ0v) is 8.51. The molecule has 16 heavy (non-hydrogen) atoms. The van der Waals surface area contributed by atoms with Crippen molar-refractivity contribution in [3.05, 3.63) is 41.5 Å². The number of carbonyl (C=O) groups excluding carboxylic acids is 1. The van der Waals surface area contributed by atoms with E-state index in [1.807, 2.05) is 18.2 Å². The lowest BCUT2D eigenvalue weighted by Gasteiger charge is -1.98. The van der Waals surface area contributed by atoms with E-state index in [0.29, 0.717) is 0 Å². The molecular weight excluding hydrogens is 202 g/mol. The molecule has 0 fully saturated rings. The van der Waals surface area contributed by atoms with Gasteiger partial charge in [0.1, 0.15) is 11.6 Å². The molecule has 0 bridgehead atoms. The Morgan fingerprint density at radius 3 is 2.69 bits per heavy atom. The Morgan fingerprint density at radius 2 is 2.12 bits per heavy atom. The van der Waals surface area contributed by atoms with E-state index in [0.717, 1.165) is 5.56 Å². The summed E-state index contributed by atoms with van der Waals surface area (Å²) in [5, 5.41) is 8.79. The molecule has 0 aromatic heterocycles. The Morgan fingerprint density at radius 1 is 1.44 bits per heavy atom. The molecule has 3 nitrogen and oxygen atoms in total. The van der Waals surface area contributed by atoms with E-state index in [2.05, 4.69) is 10.7 Å². The molecule has 3 heteroatoms. The fourth-order valence-corrected chi connectivity index (χ4v) is 1.04. The van der Waals surface area contributed by atoms with Gasteiger partial charge in [0.25, 0.3) is 0 Å². The monoisotopic (exact) mass is 211 g/mol. The number of benzene rings is 1. The third-order valence-electron chi connectivity index (χ3n) is 1.74. The van der Waals surface area contributed by atoms with Crippen LogP contribution >= 0.6 is 0 Å². The number of nitriles is 1. The van der Waals surface area contributed by atoms with Gasteiger partial charge in [-0.05, 0) is 11.6 Å². The minimum Gasteiger partial charge on any atom is -0.448 e. The third kappa shape index (κ3) is 3.32. The van der Waals surface area contributed by atoms with Crippen LogP contribution in [0.25, 0.3) is 6.08 Å². The van der Waals surface area contributed by atoms with Crippen LogP contribution in [0, 0.1) is 23.7 Å². The van der Waals surface area contributed by atoms with Gasteiger partial charge >= 0.3 is 5.97 Å². The standard InChI is InChI=1S/C13H9NO2/c1-2-8-16-13(15)12(10-14)9-11-6-4-3-5-7-11/h1,3-7,9H,8H2. The molecule has 0 N–H and O–H groups in total. The molecule has 78 valence electrons. The average Bonchev–Trinajstić information content (AvgIpc) is 2.34. The fraction of sp³-hybridized carbons (Fsp3) is 0.0769. The molecule has 1 aromatic carbocycles. The van der Waals surface area contributed by atoms with Crippen molar-refractivity contribution in [3.8, 4) is 18.4 Å². The van der Waals surface area contributed by atoms with E-state index in [1.165, 1.54) is 6.08 Å². The molecule has 0 aliphatic heterocycles. The van der Waals surface area contributed by atoms with Crippen LogP contribution in [0.1, 0.15) is 5.56 Å². The minimum atomic E-state index is -0.704. The van der Waals surface area contributed by atoms with E-state index in [4.69, 9.17) is 11.7 Å². The second-order valence-corrected chi connectivity index (χ2v) is 2.86. The summed E-state index contributed by atoms with van der Waals surface area (Å²) in [4.78, 5) is 11.3. The lowest BCUT2D eigenvalue weighted by atomic mass is 10.1. The number of hydrogen-bond donors (Lipinski definition) is 0. The van der Waals surface area contributed by atoms with Crippen molar-refractivity contribution in [2.75, 3.05) is 6.61 Å². The Kier molecular flexibility index (Phi) is 4.37. The Balaban J connectivity index is 2.84. The van der Waals surface area contributed by atoms with Gasteiger partial charge in [0.15, 0.2) is 6.61 Å². The number of hydrogen-bond acceptors (Lipinski definition) is 3. The van der Waals surface area contributed by atoms with Gasteiger partial charge < -0.3 is 4.74 Å². The molecule has 0 heterocycles. The van der Waals surface area contributed by atoms with Crippen molar-refractivity contribution >= 4 is 12.0 Å². The van der Waals surface area contributed by atoms with E-state index in [1.54, 1.807) is 18.2 Å². The van der Waals surface area contributed by atoms with Crippen molar-refractivity contribution in [1.82, 2.24) is 0 Å². The molecule has 1 aromatic rings. The van der Waals surface area contributed by atoms with Crippen molar-refractivity contribution in [2.24, 2.45) is 0 Å². The first-order chi connectivity index (χ1) is 7.77. The molecule has 0 atom stereocenters. The van der Waals surface area contributed by atoms with Crippen LogP contribution in [-0.2, 0) is 9.53 Å². The maximum absolute atomic E-state index is 11.3. The fourth-order valence-electron chi connectivity index (χ4n) is 1.04. The molecule has 0 amide bonds. The molecule has 0 aliphatic rings. The quantitative estimate of drug-likeness (QED) is 0.331. The Labute approximate surface area is 94.0 Å². The van der Waals surface area contributed by atoms with E-state index in [9.17, 15) is 4.79 Å². The third-order valence-corrected chi connectivity index (χ3v) is 1.74. The molecule has 1 rings (SSSR count). The van der Waals surface area contributed by atoms with Gasteiger partial charge in [0, 0.05) is 0 Å². The Hall–Kier alpha value is -2.52. The number of carbonyl (C=O) groups is 1. The average molecular weight is 211 g/mol. The summed E-state index contributed by atoms with van der Waals surface area (Å²) >= 11 is 0. The van der Waals surface area contributed by atoms with Gasteiger partial charge in [0.05, 0.1) is 0 Å². The van der Waals surface area contributed by atoms with Crippen LogP contribution in [0.5, 0.6) is 0 Å².